The third kappa shape index (κ3) is 1.80. The lowest BCUT2D eigenvalue weighted by Gasteiger charge is -1.99. The van der Waals surface area contributed by atoms with Crippen LogP contribution in [0.4, 0.5) is 11.4 Å². The van der Waals surface area contributed by atoms with Crippen LogP contribution in [0, 0.1) is 27.2 Å². The molecule has 0 saturated carbocycles. The van der Waals surface area contributed by atoms with Gasteiger partial charge < -0.3 is 0 Å². The molecule has 0 aliphatic carbocycles. The monoisotopic (exact) mass is 216 g/mol. The number of aryl methyl sites for hydroxylation is 1. The maximum atomic E-state index is 10.4. The topological polar surface area (TPSA) is 86.3 Å². The van der Waals surface area contributed by atoms with Crippen molar-refractivity contribution in [2.45, 2.75) is 6.92 Å². The average Bonchev–Trinajstić information content (AvgIpc) is 2.08. The van der Waals surface area contributed by atoms with E-state index in [1.807, 2.05) is 0 Å². The van der Waals surface area contributed by atoms with Gasteiger partial charge in [-0.05, 0) is 12.5 Å². The molecule has 14 heavy (non-hydrogen) atoms. The van der Waals surface area contributed by atoms with E-state index in [0.717, 1.165) is 6.07 Å². The highest BCUT2D eigenvalue weighted by Crippen LogP contribution is 2.31. The van der Waals surface area contributed by atoms with E-state index in [-0.39, 0.29) is 10.7 Å². The Morgan fingerprint density at radius 2 is 1.79 bits per heavy atom. The van der Waals surface area contributed by atoms with Gasteiger partial charge in [-0.3, -0.25) is 20.2 Å². The van der Waals surface area contributed by atoms with Gasteiger partial charge in [-0.25, -0.2) is 0 Å². The lowest BCUT2D eigenvalue weighted by Crippen LogP contribution is -1.95. The molecule has 0 atom stereocenters. The Bertz CT molecular complexity index is 418. The van der Waals surface area contributed by atoms with Gasteiger partial charge in [0.2, 0.25) is 0 Å². The molecule has 0 bridgehead atoms. The number of hydrogen-bond donors (Lipinski definition) is 0. The number of nitrogens with zero attached hydrogens (tertiary/aromatic N) is 2. The summed E-state index contributed by atoms with van der Waals surface area (Å²) in [6.45, 7) is 1.47. The van der Waals surface area contributed by atoms with Crippen molar-refractivity contribution in [2.75, 3.05) is 0 Å². The average molecular weight is 217 g/mol. The van der Waals surface area contributed by atoms with E-state index in [1.54, 1.807) is 0 Å². The SMILES string of the molecule is Cc1cc([N+](=O)[O-])cc([N+](=O)[O-])c1Cl. The fourth-order valence-corrected chi connectivity index (χ4v) is 1.15. The molecule has 0 aliphatic rings. The Labute approximate surface area is 83.4 Å². The minimum atomic E-state index is -0.748. The Morgan fingerprint density at radius 1 is 1.21 bits per heavy atom. The van der Waals surface area contributed by atoms with Gasteiger partial charge in [0.15, 0.2) is 0 Å². The van der Waals surface area contributed by atoms with Crippen molar-refractivity contribution in [3.05, 3.63) is 42.9 Å². The van der Waals surface area contributed by atoms with Crippen LogP contribution in [0.3, 0.4) is 0 Å². The molecule has 0 aromatic heterocycles. The zero-order valence-corrected chi connectivity index (χ0v) is 7.82. The summed E-state index contributed by atoms with van der Waals surface area (Å²) in [6, 6.07) is 2.03. The van der Waals surface area contributed by atoms with Gasteiger partial charge in [0.05, 0.1) is 15.9 Å². The number of benzene rings is 1. The number of non-ortho nitro benzene ring substituents is 1. The Balaban J connectivity index is 3.43. The lowest BCUT2D eigenvalue weighted by molar-refractivity contribution is -0.394. The van der Waals surface area contributed by atoms with Gasteiger partial charge in [-0.2, -0.15) is 0 Å². The van der Waals surface area contributed by atoms with Gasteiger partial charge >= 0.3 is 0 Å². The molecular formula is C7H5ClN2O4. The van der Waals surface area contributed by atoms with Gasteiger partial charge in [0.1, 0.15) is 5.02 Å². The molecule has 6 nitrogen and oxygen atoms in total. The third-order valence-electron chi connectivity index (χ3n) is 1.63. The molecule has 74 valence electrons. The molecule has 0 aliphatic heterocycles. The summed E-state index contributed by atoms with van der Waals surface area (Å²) in [5.41, 5.74) is -0.468. The van der Waals surface area contributed by atoms with Crippen molar-refractivity contribution in [1.82, 2.24) is 0 Å². The van der Waals surface area contributed by atoms with Crippen LogP contribution < -0.4 is 0 Å². The Hall–Kier alpha value is -1.69. The predicted molar refractivity (Wildman–Crippen MR) is 49.5 cm³/mol. The summed E-state index contributed by atoms with van der Waals surface area (Å²) in [6.07, 6.45) is 0. The first-order valence-electron chi connectivity index (χ1n) is 3.52. The van der Waals surface area contributed by atoms with E-state index in [9.17, 15) is 20.2 Å². The molecule has 1 aromatic rings. The Morgan fingerprint density at radius 3 is 2.21 bits per heavy atom. The fraction of sp³-hybridized carbons (Fsp3) is 0.143. The normalized spacial score (nSPS) is 9.86. The molecule has 0 fully saturated rings. The summed E-state index contributed by atoms with van der Waals surface area (Å²) in [4.78, 5) is 19.4. The summed E-state index contributed by atoms with van der Waals surface area (Å²) < 4.78 is 0. The highest BCUT2D eigenvalue weighted by molar-refractivity contribution is 6.33. The van der Waals surface area contributed by atoms with Crippen LogP contribution >= 0.6 is 11.6 Å². The van der Waals surface area contributed by atoms with Gasteiger partial charge in [0, 0.05) is 6.07 Å². The molecule has 0 radical (unpaired) electrons. The first-order chi connectivity index (χ1) is 6.43. The molecule has 0 unspecified atom stereocenters. The molecule has 1 aromatic carbocycles. The van der Waals surface area contributed by atoms with Crippen LogP contribution in [0.5, 0.6) is 0 Å². The first kappa shape index (κ1) is 10.4. The number of rotatable bonds is 2. The number of nitro groups is 2. The second-order valence-electron chi connectivity index (χ2n) is 2.61. The highest BCUT2D eigenvalue weighted by atomic mass is 35.5. The Kier molecular flexibility index (Phi) is 2.66. The van der Waals surface area contributed by atoms with Crippen LogP contribution in [-0.4, -0.2) is 9.85 Å². The second-order valence-corrected chi connectivity index (χ2v) is 2.99. The van der Waals surface area contributed by atoms with Crippen LogP contribution in [0.15, 0.2) is 12.1 Å². The zero-order valence-electron chi connectivity index (χ0n) is 7.06. The molecule has 0 saturated heterocycles. The molecule has 0 amide bonds. The largest absolute Gasteiger partial charge is 0.295 e. The summed E-state index contributed by atoms with van der Waals surface area (Å²) in [5.74, 6) is 0. The summed E-state index contributed by atoms with van der Waals surface area (Å²) in [7, 11) is 0. The van der Waals surface area contributed by atoms with E-state index in [2.05, 4.69) is 0 Å². The zero-order chi connectivity index (χ0) is 10.9. The quantitative estimate of drug-likeness (QED) is 0.561. The van der Waals surface area contributed by atoms with Crippen LogP contribution in [0.1, 0.15) is 5.56 Å². The predicted octanol–water partition coefficient (Wildman–Crippen LogP) is 2.46. The van der Waals surface area contributed by atoms with Crippen molar-refractivity contribution in [3.8, 4) is 0 Å². The molecular weight excluding hydrogens is 212 g/mol. The smallest absolute Gasteiger partial charge is 0.258 e. The summed E-state index contributed by atoms with van der Waals surface area (Å²) in [5, 5.41) is 20.8. The van der Waals surface area contributed by atoms with Crippen LogP contribution in [0.2, 0.25) is 5.02 Å². The van der Waals surface area contributed by atoms with Crippen molar-refractivity contribution < 1.29 is 9.85 Å². The lowest BCUT2D eigenvalue weighted by atomic mass is 10.2. The van der Waals surface area contributed by atoms with Crippen molar-refractivity contribution in [2.24, 2.45) is 0 Å². The van der Waals surface area contributed by atoms with E-state index >= 15 is 0 Å². The fourth-order valence-electron chi connectivity index (χ4n) is 0.971. The number of hydrogen-bond acceptors (Lipinski definition) is 4. The van der Waals surface area contributed by atoms with Crippen molar-refractivity contribution >= 4 is 23.0 Å². The molecule has 1 rings (SSSR count). The van der Waals surface area contributed by atoms with Crippen LogP contribution in [-0.2, 0) is 0 Å². The highest BCUT2D eigenvalue weighted by Gasteiger charge is 2.20. The summed E-state index contributed by atoms with van der Waals surface area (Å²) >= 11 is 5.60. The van der Waals surface area contributed by atoms with Gasteiger partial charge in [-0.15, -0.1) is 0 Å². The molecule has 7 heteroatoms. The van der Waals surface area contributed by atoms with Crippen molar-refractivity contribution in [3.63, 3.8) is 0 Å². The van der Waals surface area contributed by atoms with Crippen LogP contribution in [0.25, 0.3) is 0 Å². The minimum Gasteiger partial charge on any atom is -0.258 e. The van der Waals surface area contributed by atoms with E-state index in [4.69, 9.17) is 11.6 Å². The standard InChI is InChI=1S/C7H5ClN2O4/c1-4-2-5(9(11)12)3-6(7(4)8)10(13)14/h2-3H,1H3. The maximum absolute atomic E-state index is 10.4. The minimum absolute atomic E-state index is 0.0689. The molecule has 0 N–H and O–H groups in total. The molecule has 0 spiro atoms. The first-order valence-corrected chi connectivity index (χ1v) is 3.90. The van der Waals surface area contributed by atoms with Gasteiger partial charge in [0.25, 0.3) is 11.4 Å². The number of halogens is 1. The van der Waals surface area contributed by atoms with Gasteiger partial charge in [-0.1, -0.05) is 11.6 Å². The number of nitro benzene ring substituents is 2. The van der Waals surface area contributed by atoms with E-state index < -0.39 is 15.5 Å². The maximum Gasteiger partial charge on any atom is 0.295 e. The molecule has 0 heterocycles. The van der Waals surface area contributed by atoms with E-state index in [0.29, 0.717) is 5.56 Å². The third-order valence-corrected chi connectivity index (χ3v) is 2.12. The second kappa shape index (κ2) is 3.59. The van der Waals surface area contributed by atoms with E-state index in [1.165, 1.54) is 13.0 Å². The van der Waals surface area contributed by atoms with Crippen molar-refractivity contribution in [1.29, 1.82) is 0 Å².